The van der Waals surface area contributed by atoms with Gasteiger partial charge < -0.3 is 10.2 Å². The molecule has 1 saturated heterocycles. The van der Waals surface area contributed by atoms with Gasteiger partial charge in [-0.05, 0) is 35.4 Å². The van der Waals surface area contributed by atoms with Gasteiger partial charge in [0.25, 0.3) is 0 Å². The molecular formula is C20H20N4O3. The molecule has 7 nitrogen and oxygen atoms in total. The molecule has 1 atom stereocenters. The van der Waals surface area contributed by atoms with Crippen molar-refractivity contribution in [1.29, 1.82) is 0 Å². The van der Waals surface area contributed by atoms with Crippen molar-refractivity contribution in [3.8, 4) is 5.75 Å². The number of ether oxygens (including phenoxy) is 1. The molecule has 3 rings (SSSR count). The lowest BCUT2D eigenvalue weighted by atomic mass is 10.0. The number of amides is 2. The third-order valence-electron chi connectivity index (χ3n) is 4.00. The number of rotatable bonds is 7. The highest BCUT2D eigenvalue weighted by molar-refractivity contribution is 5.90. The van der Waals surface area contributed by atoms with E-state index < -0.39 is 5.92 Å². The molecule has 2 aromatic rings. The highest BCUT2D eigenvalue weighted by Gasteiger charge is 2.29. The van der Waals surface area contributed by atoms with E-state index in [0.717, 1.165) is 16.9 Å². The predicted octanol–water partition coefficient (Wildman–Crippen LogP) is 1.87. The van der Waals surface area contributed by atoms with Crippen LogP contribution in [0, 0.1) is 5.92 Å². The second-order valence-corrected chi connectivity index (χ2v) is 6.03. The lowest BCUT2D eigenvalue weighted by Gasteiger charge is -2.06. The van der Waals surface area contributed by atoms with Gasteiger partial charge in [0, 0.05) is 12.1 Å². The first kappa shape index (κ1) is 18.2. The fourth-order valence-corrected chi connectivity index (χ4v) is 2.49. The Balaban J connectivity index is 1.45. The Hall–Kier alpha value is -3.61. The zero-order valence-electron chi connectivity index (χ0n) is 14.6. The van der Waals surface area contributed by atoms with E-state index in [0.29, 0.717) is 12.3 Å². The normalized spacial score (nSPS) is 16.1. The highest BCUT2D eigenvalue weighted by atomic mass is 16.5. The van der Waals surface area contributed by atoms with Crippen LogP contribution in [-0.4, -0.2) is 18.0 Å². The minimum absolute atomic E-state index is 0.0126. The summed E-state index contributed by atoms with van der Waals surface area (Å²) in [5.41, 5.74) is 9.82. The van der Waals surface area contributed by atoms with E-state index >= 15 is 0 Å². The number of carbonyl (C=O) groups excluding carboxylic acids is 2. The van der Waals surface area contributed by atoms with Crippen molar-refractivity contribution < 1.29 is 14.3 Å². The molecule has 0 spiro atoms. The smallest absolute Gasteiger partial charge is 0.247 e. The van der Waals surface area contributed by atoms with Crippen LogP contribution in [0.4, 0.5) is 0 Å². The van der Waals surface area contributed by atoms with E-state index in [1.165, 1.54) is 6.21 Å². The Labute approximate surface area is 157 Å². The largest absolute Gasteiger partial charge is 0.489 e. The van der Waals surface area contributed by atoms with Crippen molar-refractivity contribution in [2.24, 2.45) is 11.0 Å². The molecule has 1 aliphatic rings. The van der Waals surface area contributed by atoms with Crippen LogP contribution in [0.25, 0.3) is 0 Å². The van der Waals surface area contributed by atoms with E-state index in [1.807, 2.05) is 54.6 Å². The maximum Gasteiger partial charge on any atom is 0.247 e. The number of benzene rings is 2. The predicted molar refractivity (Wildman–Crippen MR) is 101 cm³/mol. The number of carbonyl (C=O) groups is 2. The fourth-order valence-electron chi connectivity index (χ4n) is 2.49. The third kappa shape index (κ3) is 5.18. The van der Waals surface area contributed by atoms with Gasteiger partial charge in [0.2, 0.25) is 11.8 Å². The first-order chi connectivity index (χ1) is 13.1. The third-order valence-corrected chi connectivity index (χ3v) is 4.00. The Bertz CT molecular complexity index is 831. The van der Waals surface area contributed by atoms with Crippen LogP contribution in [-0.2, 0) is 16.2 Å². The van der Waals surface area contributed by atoms with E-state index in [9.17, 15) is 9.59 Å². The van der Waals surface area contributed by atoms with Crippen molar-refractivity contribution in [3.05, 3.63) is 78.0 Å². The summed E-state index contributed by atoms with van der Waals surface area (Å²) in [5, 5.41) is 3.91. The second-order valence-electron chi connectivity index (χ2n) is 6.03. The Morgan fingerprint density at radius 3 is 2.56 bits per heavy atom. The van der Waals surface area contributed by atoms with Gasteiger partial charge in [0.05, 0.1) is 12.1 Å². The molecule has 3 N–H and O–H groups in total. The molecule has 1 heterocycles. The summed E-state index contributed by atoms with van der Waals surface area (Å²) in [6, 6.07) is 17.3. The van der Waals surface area contributed by atoms with E-state index in [-0.39, 0.29) is 18.2 Å². The molecule has 0 radical (unpaired) electrons. The number of nitrogens with one attached hydrogen (secondary N) is 3. The van der Waals surface area contributed by atoms with E-state index in [4.69, 9.17) is 4.74 Å². The van der Waals surface area contributed by atoms with Crippen molar-refractivity contribution in [3.63, 3.8) is 0 Å². The molecule has 1 unspecified atom stereocenters. The van der Waals surface area contributed by atoms with Crippen LogP contribution in [0.15, 0.2) is 72.0 Å². The van der Waals surface area contributed by atoms with Gasteiger partial charge in [-0.25, -0.2) is 5.43 Å². The van der Waals surface area contributed by atoms with Crippen molar-refractivity contribution >= 4 is 18.0 Å². The summed E-state index contributed by atoms with van der Waals surface area (Å²) in [6.45, 7) is 4.18. The summed E-state index contributed by atoms with van der Waals surface area (Å²) in [6.07, 6.45) is 1.52. The molecular weight excluding hydrogens is 344 g/mol. The molecule has 27 heavy (non-hydrogen) atoms. The number of hydrazine groups is 1. The molecule has 2 aromatic carbocycles. The topological polar surface area (TPSA) is 91.8 Å². The van der Waals surface area contributed by atoms with Crippen LogP contribution in [0.1, 0.15) is 17.5 Å². The van der Waals surface area contributed by atoms with Crippen LogP contribution in [0.2, 0.25) is 0 Å². The van der Waals surface area contributed by atoms with Gasteiger partial charge in [-0.2, -0.15) is 5.10 Å². The van der Waals surface area contributed by atoms with Gasteiger partial charge in [-0.1, -0.05) is 36.9 Å². The Kier molecular flexibility index (Phi) is 5.84. The minimum Gasteiger partial charge on any atom is -0.489 e. The molecule has 7 heteroatoms. The van der Waals surface area contributed by atoms with Crippen LogP contribution < -0.4 is 21.0 Å². The SMILES string of the molecule is C=C1NNC(=O)C1CC(=O)NN=Cc1ccc(OCc2ccccc2)cc1. The van der Waals surface area contributed by atoms with Gasteiger partial charge in [-0.3, -0.25) is 15.0 Å². The van der Waals surface area contributed by atoms with Crippen LogP contribution in [0.5, 0.6) is 5.75 Å². The summed E-state index contributed by atoms with van der Waals surface area (Å²) in [5.74, 6) is -0.469. The molecule has 1 aliphatic heterocycles. The summed E-state index contributed by atoms with van der Waals surface area (Å²) >= 11 is 0. The first-order valence-corrected chi connectivity index (χ1v) is 8.45. The number of hydrogen-bond donors (Lipinski definition) is 3. The average molecular weight is 364 g/mol. The van der Waals surface area contributed by atoms with Crippen molar-refractivity contribution in [2.75, 3.05) is 0 Å². The first-order valence-electron chi connectivity index (χ1n) is 8.45. The fraction of sp³-hybridized carbons (Fsp3) is 0.150. The van der Waals surface area contributed by atoms with Gasteiger partial charge in [-0.15, -0.1) is 0 Å². The van der Waals surface area contributed by atoms with Gasteiger partial charge in [0.15, 0.2) is 0 Å². The van der Waals surface area contributed by atoms with Gasteiger partial charge >= 0.3 is 0 Å². The van der Waals surface area contributed by atoms with E-state index in [2.05, 4.69) is 28.0 Å². The summed E-state index contributed by atoms with van der Waals surface area (Å²) < 4.78 is 5.72. The quantitative estimate of drug-likeness (QED) is 0.517. The minimum atomic E-state index is -0.582. The molecule has 1 fully saturated rings. The lowest BCUT2D eigenvalue weighted by molar-refractivity contribution is -0.127. The highest BCUT2D eigenvalue weighted by Crippen LogP contribution is 2.15. The Morgan fingerprint density at radius 2 is 1.89 bits per heavy atom. The molecule has 0 saturated carbocycles. The van der Waals surface area contributed by atoms with Crippen molar-refractivity contribution in [1.82, 2.24) is 16.3 Å². The molecule has 2 amide bonds. The zero-order chi connectivity index (χ0) is 19.1. The number of hydrogen-bond acceptors (Lipinski definition) is 5. The van der Waals surface area contributed by atoms with Crippen LogP contribution in [0.3, 0.4) is 0 Å². The second kappa shape index (κ2) is 8.66. The van der Waals surface area contributed by atoms with E-state index in [1.54, 1.807) is 0 Å². The maximum atomic E-state index is 11.9. The standard InChI is InChI=1S/C20H20N4O3/c1-14-18(20(26)24-22-14)11-19(25)23-21-12-15-7-9-17(10-8-15)27-13-16-5-3-2-4-6-16/h2-10,12,18,22H,1,11,13H2,(H,23,25)(H,24,26). The molecule has 0 aliphatic carbocycles. The van der Waals surface area contributed by atoms with Crippen LogP contribution >= 0.6 is 0 Å². The Morgan fingerprint density at radius 1 is 1.15 bits per heavy atom. The molecule has 138 valence electrons. The number of nitrogens with zero attached hydrogens (tertiary/aromatic N) is 1. The average Bonchev–Trinajstić information content (AvgIpc) is 3.00. The van der Waals surface area contributed by atoms with Crippen molar-refractivity contribution in [2.45, 2.75) is 13.0 Å². The summed E-state index contributed by atoms with van der Waals surface area (Å²) in [4.78, 5) is 23.4. The summed E-state index contributed by atoms with van der Waals surface area (Å²) in [7, 11) is 0. The monoisotopic (exact) mass is 364 g/mol. The van der Waals surface area contributed by atoms with Gasteiger partial charge in [0.1, 0.15) is 12.4 Å². The molecule has 0 aromatic heterocycles. The maximum absolute atomic E-state index is 11.9. The zero-order valence-corrected chi connectivity index (χ0v) is 14.6. The molecule has 0 bridgehead atoms. The lowest BCUT2D eigenvalue weighted by Crippen LogP contribution is -2.27. The number of hydrazone groups is 1.